The van der Waals surface area contributed by atoms with Crippen molar-refractivity contribution in [3.63, 3.8) is 0 Å². The highest BCUT2D eigenvalue weighted by Gasteiger charge is 2.16. The van der Waals surface area contributed by atoms with E-state index in [1.807, 2.05) is 43.7 Å². The molecule has 2 heterocycles. The second-order valence-corrected chi connectivity index (χ2v) is 5.20. The van der Waals surface area contributed by atoms with Crippen LogP contribution < -0.4 is 9.64 Å². The monoisotopic (exact) mass is 298 g/mol. The van der Waals surface area contributed by atoms with E-state index in [-0.39, 0.29) is 5.91 Å². The minimum Gasteiger partial charge on any atom is -0.497 e. The number of hydrogen-bond acceptors (Lipinski definition) is 3. The number of H-pyrrole nitrogens is 1. The highest BCUT2D eigenvalue weighted by molar-refractivity contribution is 5.96. The molecule has 0 fully saturated rings. The Kier molecular flexibility index (Phi) is 3.58. The van der Waals surface area contributed by atoms with Gasteiger partial charge in [-0.15, -0.1) is 0 Å². The van der Waals surface area contributed by atoms with Crippen LogP contribution in [0.15, 0.2) is 36.7 Å². The lowest BCUT2D eigenvalue weighted by Crippen LogP contribution is -2.28. The van der Waals surface area contributed by atoms with Gasteiger partial charge in [-0.3, -0.25) is 14.4 Å². The van der Waals surface area contributed by atoms with Crippen LogP contribution in [0.5, 0.6) is 5.75 Å². The van der Waals surface area contributed by atoms with Crippen LogP contribution in [0.4, 0.5) is 5.82 Å². The normalized spacial score (nSPS) is 10.9. The number of anilines is 1. The van der Waals surface area contributed by atoms with Gasteiger partial charge in [0.1, 0.15) is 5.75 Å². The zero-order valence-corrected chi connectivity index (χ0v) is 12.8. The summed E-state index contributed by atoms with van der Waals surface area (Å²) in [6.07, 6.45) is 3.99. The fraction of sp³-hybridized carbons (Fsp3) is 0.250. The smallest absolute Gasteiger partial charge is 0.232 e. The number of aryl methyl sites for hydroxylation is 1. The third-order valence-electron chi connectivity index (χ3n) is 3.73. The lowest BCUT2D eigenvalue weighted by atomic mass is 10.1. The Morgan fingerprint density at radius 3 is 2.91 bits per heavy atom. The van der Waals surface area contributed by atoms with Crippen LogP contribution in [0.1, 0.15) is 5.56 Å². The van der Waals surface area contributed by atoms with Crippen LogP contribution in [0.25, 0.3) is 10.9 Å². The van der Waals surface area contributed by atoms with E-state index in [1.54, 1.807) is 23.7 Å². The van der Waals surface area contributed by atoms with Gasteiger partial charge >= 0.3 is 0 Å². The average Bonchev–Trinajstić information content (AvgIpc) is 3.12. The van der Waals surface area contributed by atoms with Crippen LogP contribution in [-0.2, 0) is 18.3 Å². The van der Waals surface area contributed by atoms with Crippen LogP contribution >= 0.6 is 0 Å². The van der Waals surface area contributed by atoms with Crippen LogP contribution in [0.3, 0.4) is 0 Å². The number of likely N-dealkylation sites (N-methyl/N-ethyl adjacent to an activating group) is 1. The maximum absolute atomic E-state index is 12.4. The summed E-state index contributed by atoms with van der Waals surface area (Å²) in [6, 6.07) is 7.60. The second-order valence-electron chi connectivity index (χ2n) is 5.20. The van der Waals surface area contributed by atoms with E-state index in [0.717, 1.165) is 22.2 Å². The molecule has 1 aromatic carbocycles. The minimum atomic E-state index is -0.0116. The highest BCUT2D eigenvalue weighted by atomic mass is 16.5. The van der Waals surface area contributed by atoms with Crippen molar-refractivity contribution in [1.82, 2.24) is 14.8 Å². The summed E-state index contributed by atoms with van der Waals surface area (Å²) in [4.78, 5) is 17.2. The molecule has 0 aliphatic rings. The van der Waals surface area contributed by atoms with Crippen molar-refractivity contribution in [1.29, 1.82) is 0 Å². The van der Waals surface area contributed by atoms with E-state index in [9.17, 15) is 4.79 Å². The third kappa shape index (κ3) is 2.55. The molecule has 3 rings (SSSR count). The first-order chi connectivity index (χ1) is 10.6. The summed E-state index contributed by atoms with van der Waals surface area (Å²) in [5.41, 5.74) is 1.94. The molecule has 22 heavy (non-hydrogen) atoms. The molecule has 0 radical (unpaired) electrons. The van der Waals surface area contributed by atoms with Crippen molar-refractivity contribution in [3.05, 3.63) is 42.2 Å². The first-order valence-electron chi connectivity index (χ1n) is 6.98. The molecule has 0 unspecified atom stereocenters. The van der Waals surface area contributed by atoms with Gasteiger partial charge in [0.25, 0.3) is 0 Å². The predicted molar refractivity (Wildman–Crippen MR) is 85.2 cm³/mol. The third-order valence-corrected chi connectivity index (χ3v) is 3.73. The van der Waals surface area contributed by atoms with E-state index in [1.165, 1.54) is 0 Å². The standard InChI is InChI=1S/C16H18N4O2/c1-19-7-6-15(18-19)20(2)16(21)8-11-10-17-14-5-4-12(22-3)9-13(11)14/h4-7,9-10,17H,8H2,1-3H3. The number of benzene rings is 1. The zero-order valence-electron chi connectivity index (χ0n) is 12.8. The molecule has 1 N–H and O–H groups in total. The lowest BCUT2D eigenvalue weighted by molar-refractivity contribution is -0.117. The Labute approximate surface area is 128 Å². The Bertz CT molecular complexity index is 819. The first-order valence-corrected chi connectivity index (χ1v) is 6.98. The average molecular weight is 298 g/mol. The molecule has 1 amide bonds. The summed E-state index contributed by atoms with van der Waals surface area (Å²) in [5.74, 6) is 1.41. The molecular weight excluding hydrogens is 280 g/mol. The number of carbonyl (C=O) groups is 1. The number of carbonyl (C=O) groups excluding carboxylic acids is 1. The number of hydrogen-bond donors (Lipinski definition) is 1. The second kappa shape index (κ2) is 5.55. The van der Waals surface area contributed by atoms with Gasteiger partial charge in [0.15, 0.2) is 5.82 Å². The van der Waals surface area contributed by atoms with Gasteiger partial charge in [0.2, 0.25) is 5.91 Å². The fourth-order valence-electron chi connectivity index (χ4n) is 2.42. The molecule has 0 aliphatic carbocycles. The molecular formula is C16H18N4O2. The van der Waals surface area contributed by atoms with Crippen LogP contribution in [0.2, 0.25) is 0 Å². The fourth-order valence-corrected chi connectivity index (χ4v) is 2.42. The number of methoxy groups -OCH3 is 1. The van der Waals surface area contributed by atoms with Crippen molar-refractivity contribution >= 4 is 22.6 Å². The summed E-state index contributed by atoms with van der Waals surface area (Å²) in [7, 11) is 5.20. The predicted octanol–water partition coefficient (Wildman–Crippen LogP) is 2.12. The van der Waals surface area contributed by atoms with Crippen LogP contribution in [-0.4, -0.2) is 34.8 Å². The van der Waals surface area contributed by atoms with Crippen molar-refractivity contribution in [3.8, 4) is 5.75 Å². The molecule has 6 heteroatoms. The molecule has 6 nitrogen and oxygen atoms in total. The van der Waals surface area contributed by atoms with Crippen molar-refractivity contribution in [2.45, 2.75) is 6.42 Å². The molecule has 2 aromatic heterocycles. The number of aromatic amines is 1. The van der Waals surface area contributed by atoms with Gasteiger partial charge in [-0.05, 0) is 23.8 Å². The molecule has 0 atom stereocenters. The maximum Gasteiger partial charge on any atom is 0.232 e. The van der Waals surface area contributed by atoms with Crippen molar-refractivity contribution in [2.75, 3.05) is 19.1 Å². The zero-order chi connectivity index (χ0) is 15.7. The molecule has 114 valence electrons. The Morgan fingerprint density at radius 2 is 2.23 bits per heavy atom. The number of ether oxygens (including phenoxy) is 1. The number of amides is 1. The van der Waals surface area contributed by atoms with Gasteiger partial charge < -0.3 is 9.72 Å². The molecule has 0 bridgehead atoms. The highest BCUT2D eigenvalue weighted by Crippen LogP contribution is 2.24. The largest absolute Gasteiger partial charge is 0.497 e. The number of fused-ring (bicyclic) bond motifs is 1. The number of nitrogens with one attached hydrogen (secondary N) is 1. The van der Waals surface area contributed by atoms with E-state index in [2.05, 4.69) is 10.1 Å². The first kappa shape index (κ1) is 14.2. The number of aromatic nitrogens is 3. The van der Waals surface area contributed by atoms with Crippen LogP contribution in [0, 0.1) is 0 Å². The molecule has 3 aromatic rings. The van der Waals surface area contributed by atoms with Gasteiger partial charge in [0, 0.05) is 43.5 Å². The minimum absolute atomic E-state index is 0.0116. The van der Waals surface area contributed by atoms with Gasteiger partial charge in [0.05, 0.1) is 13.5 Å². The maximum atomic E-state index is 12.4. The summed E-state index contributed by atoms with van der Waals surface area (Å²) in [6.45, 7) is 0. The van der Waals surface area contributed by atoms with E-state index in [0.29, 0.717) is 12.2 Å². The van der Waals surface area contributed by atoms with E-state index in [4.69, 9.17) is 4.74 Å². The summed E-state index contributed by atoms with van der Waals surface area (Å²) >= 11 is 0. The van der Waals surface area contributed by atoms with Gasteiger partial charge in [-0.2, -0.15) is 5.10 Å². The van der Waals surface area contributed by atoms with Crippen molar-refractivity contribution in [2.24, 2.45) is 7.05 Å². The van der Waals surface area contributed by atoms with Gasteiger partial charge in [-0.1, -0.05) is 0 Å². The molecule has 0 spiro atoms. The molecule has 0 saturated heterocycles. The van der Waals surface area contributed by atoms with E-state index < -0.39 is 0 Å². The van der Waals surface area contributed by atoms with Crippen molar-refractivity contribution < 1.29 is 9.53 Å². The number of nitrogens with zero attached hydrogens (tertiary/aromatic N) is 3. The Morgan fingerprint density at radius 1 is 1.41 bits per heavy atom. The number of rotatable bonds is 4. The van der Waals surface area contributed by atoms with Gasteiger partial charge in [-0.25, -0.2) is 0 Å². The Hall–Kier alpha value is -2.76. The lowest BCUT2D eigenvalue weighted by Gasteiger charge is -2.13. The topological polar surface area (TPSA) is 63.2 Å². The molecule has 0 aliphatic heterocycles. The van der Waals surface area contributed by atoms with E-state index >= 15 is 0 Å². The SMILES string of the molecule is COc1ccc2[nH]cc(CC(=O)N(C)c3ccn(C)n3)c2c1. The Balaban J connectivity index is 1.84. The summed E-state index contributed by atoms with van der Waals surface area (Å²) in [5, 5.41) is 5.25. The molecule has 0 saturated carbocycles. The quantitative estimate of drug-likeness (QED) is 0.802. The summed E-state index contributed by atoms with van der Waals surface area (Å²) < 4.78 is 6.93.